The van der Waals surface area contributed by atoms with Crippen molar-refractivity contribution in [3.63, 3.8) is 0 Å². The van der Waals surface area contributed by atoms with Gasteiger partial charge in [0.05, 0.1) is 5.56 Å². The Hall–Kier alpha value is -3.78. The number of hydrogen-bond acceptors (Lipinski definition) is 3. The summed E-state index contributed by atoms with van der Waals surface area (Å²) in [5, 5.41) is 12.3. The highest BCUT2D eigenvalue weighted by Gasteiger charge is 2.28. The van der Waals surface area contributed by atoms with Gasteiger partial charge in [0.1, 0.15) is 18.2 Å². The molecule has 5 heteroatoms. The van der Waals surface area contributed by atoms with Gasteiger partial charge in [0, 0.05) is 18.9 Å². The molecule has 4 rings (SSSR count). The molecule has 0 heterocycles. The van der Waals surface area contributed by atoms with Crippen molar-refractivity contribution in [3.8, 4) is 28.7 Å². The number of alkyl carbamates (subject to hydrolysis) is 1. The molecule has 0 fully saturated rings. The van der Waals surface area contributed by atoms with Crippen LogP contribution in [0.2, 0.25) is 0 Å². The number of benzene rings is 3. The van der Waals surface area contributed by atoms with Crippen LogP contribution in [0.4, 0.5) is 9.18 Å². The number of hydrogen-bond donors (Lipinski definition) is 2. The zero-order valence-corrected chi connectivity index (χ0v) is 16.2. The van der Waals surface area contributed by atoms with E-state index in [-0.39, 0.29) is 23.8 Å². The Kier molecular flexibility index (Phi) is 5.67. The van der Waals surface area contributed by atoms with Crippen LogP contribution in [0.25, 0.3) is 11.1 Å². The zero-order chi connectivity index (χ0) is 20.9. The van der Waals surface area contributed by atoms with Crippen LogP contribution >= 0.6 is 0 Å². The minimum atomic E-state index is -0.507. The number of aromatic hydroxyl groups is 1. The average Bonchev–Trinajstić information content (AvgIpc) is 3.08. The number of phenols is 1. The quantitative estimate of drug-likeness (QED) is 0.487. The van der Waals surface area contributed by atoms with E-state index in [1.54, 1.807) is 0 Å². The van der Waals surface area contributed by atoms with Gasteiger partial charge in [-0.15, -0.1) is 0 Å². The first-order valence-electron chi connectivity index (χ1n) is 9.69. The van der Waals surface area contributed by atoms with Gasteiger partial charge in [0.15, 0.2) is 0 Å². The maximum Gasteiger partial charge on any atom is 0.407 e. The summed E-state index contributed by atoms with van der Waals surface area (Å²) in [6, 6.07) is 19.9. The van der Waals surface area contributed by atoms with Crippen LogP contribution in [0.5, 0.6) is 5.75 Å². The average molecular weight is 401 g/mol. The normalized spacial score (nSPS) is 11.8. The maximum absolute atomic E-state index is 13.2. The molecule has 0 aliphatic heterocycles. The number of halogens is 1. The van der Waals surface area contributed by atoms with E-state index in [9.17, 15) is 14.3 Å². The molecule has 3 aromatic carbocycles. The summed E-state index contributed by atoms with van der Waals surface area (Å²) < 4.78 is 18.6. The van der Waals surface area contributed by atoms with Gasteiger partial charge in [0.25, 0.3) is 0 Å². The number of carbonyl (C=O) groups excluding carboxylic acids is 1. The van der Waals surface area contributed by atoms with Gasteiger partial charge >= 0.3 is 6.09 Å². The summed E-state index contributed by atoms with van der Waals surface area (Å²) >= 11 is 0. The van der Waals surface area contributed by atoms with Crippen LogP contribution in [0.3, 0.4) is 0 Å². The predicted molar refractivity (Wildman–Crippen MR) is 113 cm³/mol. The summed E-state index contributed by atoms with van der Waals surface area (Å²) in [7, 11) is 0. The number of ether oxygens (including phenoxy) is 1. The maximum atomic E-state index is 13.2. The van der Waals surface area contributed by atoms with E-state index in [1.165, 1.54) is 29.3 Å². The molecule has 4 nitrogen and oxygen atoms in total. The highest BCUT2D eigenvalue weighted by molar-refractivity contribution is 5.79. The van der Waals surface area contributed by atoms with Gasteiger partial charge in [-0.05, 0) is 40.5 Å². The number of carbonyl (C=O) groups is 1. The Labute approximate surface area is 174 Å². The highest BCUT2D eigenvalue weighted by atomic mass is 19.1. The first-order valence-corrected chi connectivity index (χ1v) is 9.69. The van der Waals surface area contributed by atoms with Gasteiger partial charge in [-0.1, -0.05) is 60.4 Å². The first-order chi connectivity index (χ1) is 14.6. The first kappa shape index (κ1) is 19.5. The lowest BCUT2D eigenvalue weighted by Gasteiger charge is -2.14. The molecule has 0 aromatic heterocycles. The molecule has 0 bridgehead atoms. The minimum absolute atomic E-state index is 0.0129. The second-order valence-electron chi connectivity index (χ2n) is 6.97. The second kappa shape index (κ2) is 8.71. The van der Waals surface area contributed by atoms with E-state index >= 15 is 0 Å². The standard InChI is InChI=1S/C25H20FNO3/c26-18-12-13-24(28)17(15-18)7-5-6-14-27-25(29)30-16-23-21-10-3-1-8-19(21)20-9-2-4-11-22(20)23/h1-4,8-13,15,23,28H,6,14,16H2,(H,27,29). The van der Waals surface area contributed by atoms with Crippen LogP contribution < -0.4 is 5.32 Å². The van der Waals surface area contributed by atoms with Crippen molar-refractivity contribution in [2.24, 2.45) is 0 Å². The third kappa shape index (κ3) is 4.13. The fourth-order valence-corrected chi connectivity index (χ4v) is 3.64. The molecule has 1 amide bonds. The van der Waals surface area contributed by atoms with Crippen LogP contribution in [-0.2, 0) is 4.74 Å². The summed E-state index contributed by atoms with van der Waals surface area (Å²) in [6.45, 7) is 0.544. The molecule has 0 saturated carbocycles. The zero-order valence-electron chi connectivity index (χ0n) is 16.2. The molecular weight excluding hydrogens is 381 g/mol. The lowest BCUT2D eigenvalue weighted by molar-refractivity contribution is 0.143. The van der Waals surface area contributed by atoms with E-state index in [0.717, 1.165) is 11.1 Å². The van der Waals surface area contributed by atoms with E-state index < -0.39 is 11.9 Å². The molecule has 150 valence electrons. The van der Waals surface area contributed by atoms with E-state index in [2.05, 4.69) is 41.4 Å². The highest BCUT2D eigenvalue weighted by Crippen LogP contribution is 2.44. The van der Waals surface area contributed by atoms with Crippen molar-refractivity contribution in [3.05, 3.63) is 89.2 Å². The fraction of sp³-hybridized carbons (Fsp3) is 0.160. The van der Waals surface area contributed by atoms with Crippen LogP contribution in [-0.4, -0.2) is 24.4 Å². The van der Waals surface area contributed by atoms with Crippen molar-refractivity contribution in [1.29, 1.82) is 0 Å². The van der Waals surface area contributed by atoms with Crippen molar-refractivity contribution < 1.29 is 19.0 Å². The molecule has 0 radical (unpaired) electrons. The Bertz CT molecular complexity index is 1100. The van der Waals surface area contributed by atoms with Crippen molar-refractivity contribution >= 4 is 6.09 Å². The van der Waals surface area contributed by atoms with E-state index in [4.69, 9.17) is 4.74 Å². The Morgan fingerprint density at radius 2 is 1.70 bits per heavy atom. The Morgan fingerprint density at radius 1 is 1.03 bits per heavy atom. The lowest BCUT2D eigenvalue weighted by atomic mass is 9.98. The van der Waals surface area contributed by atoms with Crippen LogP contribution in [0.15, 0.2) is 66.7 Å². The van der Waals surface area contributed by atoms with Crippen LogP contribution in [0.1, 0.15) is 29.0 Å². The monoisotopic (exact) mass is 401 g/mol. The van der Waals surface area contributed by atoms with Gasteiger partial charge in [-0.3, -0.25) is 0 Å². The largest absolute Gasteiger partial charge is 0.507 e. The minimum Gasteiger partial charge on any atom is -0.507 e. The van der Waals surface area contributed by atoms with Gasteiger partial charge < -0.3 is 15.2 Å². The van der Waals surface area contributed by atoms with Crippen molar-refractivity contribution in [1.82, 2.24) is 5.32 Å². The molecule has 1 aliphatic carbocycles. The van der Waals surface area contributed by atoms with Crippen molar-refractivity contribution in [2.75, 3.05) is 13.2 Å². The summed E-state index contributed by atoms with van der Waals surface area (Å²) in [6.07, 6.45) is -0.160. The lowest BCUT2D eigenvalue weighted by Crippen LogP contribution is -2.26. The third-order valence-corrected chi connectivity index (χ3v) is 5.04. The molecule has 0 unspecified atom stereocenters. The van der Waals surface area contributed by atoms with Crippen LogP contribution in [0, 0.1) is 17.7 Å². The third-order valence-electron chi connectivity index (χ3n) is 5.04. The molecule has 2 N–H and O–H groups in total. The summed E-state index contributed by atoms with van der Waals surface area (Å²) in [4.78, 5) is 12.1. The summed E-state index contributed by atoms with van der Waals surface area (Å²) in [5.41, 5.74) is 4.90. The Balaban J connectivity index is 1.30. The second-order valence-corrected chi connectivity index (χ2v) is 6.97. The number of rotatable bonds is 4. The molecular formula is C25H20FNO3. The van der Waals surface area contributed by atoms with Gasteiger partial charge in [-0.2, -0.15) is 0 Å². The molecule has 3 aromatic rings. The van der Waals surface area contributed by atoms with E-state index in [0.29, 0.717) is 13.0 Å². The number of phenolic OH excluding ortho intramolecular Hbond substituents is 1. The van der Waals surface area contributed by atoms with Gasteiger partial charge in [-0.25, -0.2) is 9.18 Å². The number of amides is 1. The SMILES string of the molecule is O=C(NCCC#Cc1cc(F)ccc1O)OCC1c2ccccc2-c2ccccc21. The molecule has 0 spiro atoms. The fourth-order valence-electron chi connectivity index (χ4n) is 3.64. The van der Waals surface area contributed by atoms with Crippen molar-refractivity contribution in [2.45, 2.75) is 12.3 Å². The smallest absolute Gasteiger partial charge is 0.407 e. The Morgan fingerprint density at radius 3 is 2.40 bits per heavy atom. The molecule has 0 saturated heterocycles. The van der Waals surface area contributed by atoms with E-state index in [1.807, 2.05) is 24.3 Å². The predicted octanol–water partition coefficient (Wildman–Crippen LogP) is 4.81. The number of fused-ring (bicyclic) bond motifs is 3. The summed E-state index contributed by atoms with van der Waals surface area (Å²) in [5.74, 6) is 4.97. The molecule has 0 atom stereocenters. The molecule has 30 heavy (non-hydrogen) atoms. The number of nitrogens with one attached hydrogen (secondary N) is 1. The topological polar surface area (TPSA) is 58.6 Å². The van der Waals surface area contributed by atoms with Gasteiger partial charge in [0.2, 0.25) is 0 Å². The molecule has 1 aliphatic rings.